The highest BCUT2D eigenvalue weighted by molar-refractivity contribution is 5.59. The van der Waals surface area contributed by atoms with Gasteiger partial charge in [-0.25, -0.2) is 9.97 Å². The van der Waals surface area contributed by atoms with E-state index in [-0.39, 0.29) is 0 Å². The lowest BCUT2D eigenvalue weighted by Crippen LogP contribution is -2.23. The van der Waals surface area contributed by atoms with Gasteiger partial charge in [0, 0.05) is 25.2 Å². The first-order valence-corrected chi connectivity index (χ1v) is 6.08. The van der Waals surface area contributed by atoms with Gasteiger partial charge in [-0.2, -0.15) is 0 Å². The Morgan fingerprint density at radius 3 is 2.69 bits per heavy atom. The summed E-state index contributed by atoms with van der Waals surface area (Å²) in [5, 5.41) is 3.30. The SMILES string of the molecule is CCNc1ncnc(N(C)C2CC2)c1CC. The number of nitrogens with zero attached hydrogens (tertiary/aromatic N) is 3. The third-order valence-electron chi connectivity index (χ3n) is 3.05. The van der Waals surface area contributed by atoms with E-state index in [1.54, 1.807) is 6.33 Å². The van der Waals surface area contributed by atoms with Crippen LogP contribution in [0, 0.1) is 0 Å². The molecule has 1 aromatic heterocycles. The van der Waals surface area contributed by atoms with Gasteiger partial charge in [0.05, 0.1) is 0 Å². The zero-order valence-electron chi connectivity index (χ0n) is 10.3. The van der Waals surface area contributed by atoms with Crippen molar-refractivity contribution in [2.24, 2.45) is 0 Å². The molecule has 4 heteroatoms. The van der Waals surface area contributed by atoms with E-state index in [2.05, 4.69) is 41.1 Å². The highest BCUT2D eigenvalue weighted by Gasteiger charge is 2.28. The first kappa shape index (κ1) is 11.2. The van der Waals surface area contributed by atoms with Gasteiger partial charge in [-0.1, -0.05) is 6.92 Å². The molecule has 1 saturated carbocycles. The predicted octanol–water partition coefficient (Wildman–Crippen LogP) is 2.07. The fraction of sp³-hybridized carbons (Fsp3) is 0.667. The fourth-order valence-electron chi connectivity index (χ4n) is 1.99. The van der Waals surface area contributed by atoms with Gasteiger partial charge in [-0.15, -0.1) is 0 Å². The second-order valence-corrected chi connectivity index (χ2v) is 4.25. The van der Waals surface area contributed by atoms with Crippen LogP contribution < -0.4 is 10.2 Å². The Balaban J connectivity index is 2.31. The Morgan fingerprint density at radius 1 is 1.38 bits per heavy atom. The third kappa shape index (κ3) is 2.10. The second kappa shape index (κ2) is 4.68. The van der Waals surface area contributed by atoms with E-state index in [1.165, 1.54) is 18.4 Å². The molecule has 1 aliphatic carbocycles. The second-order valence-electron chi connectivity index (χ2n) is 4.25. The molecule has 0 spiro atoms. The van der Waals surface area contributed by atoms with Crippen LogP contribution in [0.5, 0.6) is 0 Å². The average Bonchev–Trinajstić information content (AvgIpc) is 3.12. The van der Waals surface area contributed by atoms with Gasteiger partial charge in [0.1, 0.15) is 18.0 Å². The monoisotopic (exact) mass is 220 g/mol. The molecule has 0 saturated heterocycles. The molecule has 0 radical (unpaired) electrons. The van der Waals surface area contributed by atoms with E-state index in [1.807, 2.05) is 0 Å². The van der Waals surface area contributed by atoms with Gasteiger partial charge in [0.25, 0.3) is 0 Å². The topological polar surface area (TPSA) is 41.1 Å². The number of anilines is 2. The molecule has 0 aromatic carbocycles. The van der Waals surface area contributed by atoms with E-state index in [0.717, 1.165) is 24.6 Å². The number of nitrogens with one attached hydrogen (secondary N) is 1. The van der Waals surface area contributed by atoms with Crippen molar-refractivity contribution in [3.05, 3.63) is 11.9 Å². The van der Waals surface area contributed by atoms with Crippen molar-refractivity contribution < 1.29 is 0 Å². The summed E-state index contributed by atoms with van der Waals surface area (Å²) in [5.41, 5.74) is 1.23. The van der Waals surface area contributed by atoms with Crippen LogP contribution in [0.25, 0.3) is 0 Å². The van der Waals surface area contributed by atoms with Crippen LogP contribution >= 0.6 is 0 Å². The molecule has 1 N–H and O–H groups in total. The standard InChI is InChI=1S/C12H20N4/c1-4-10-11(13-5-2)14-8-15-12(10)16(3)9-6-7-9/h8-9H,4-7H2,1-3H3,(H,13,14,15). The van der Waals surface area contributed by atoms with Gasteiger partial charge in [-0.3, -0.25) is 0 Å². The quantitative estimate of drug-likeness (QED) is 0.824. The fourth-order valence-corrected chi connectivity index (χ4v) is 1.99. The van der Waals surface area contributed by atoms with Gasteiger partial charge in [-0.05, 0) is 26.2 Å². The maximum atomic E-state index is 4.43. The van der Waals surface area contributed by atoms with Gasteiger partial charge >= 0.3 is 0 Å². The van der Waals surface area contributed by atoms with Crippen molar-refractivity contribution in [1.82, 2.24) is 9.97 Å². The molecular weight excluding hydrogens is 200 g/mol. The molecule has 4 nitrogen and oxygen atoms in total. The zero-order chi connectivity index (χ0) is 11.5. The lowest BCUT2D eigenvalue weighted by Gasteiger charge is -2.21. The summed E-state index contributed by atoms with van der Waals surface area (Å²) in [4.78, 5) is 11.0. The minimum atomic E-state index is 0.690. The molecule has 0 unspecified atom stereocenters. The van der Waals surface area contributed by atoms with E-state index in [9.17, 15) is 0 Å². The van der Waals surface area contributed by atoms with Gasteiger partial charge in [0.15, 0.2) is 0 Å². The molecule has 1 fully saturated rings. The molecule has 88 valence electrons. The van der Waals surface area contributed by atoms with Crippen molar-refractivity contribution in [2.45, 2.75) is 39.2 Å². The van der Waals surface area contributed by atoms with E-state index >= 15 is 0 Å². The molecule has 2 rings (SSSR count). The summed E-state index contributed by atoms with van der Waals surface area (Å²) in [7, 11) is 2.13. The van der Waals surface area contributed by atoms with Crippen LogP contribution in [0.15, 0.2) is 6.33 Å². The molecule has 1 aliphatic rings. The summed E-state index contributed by atoms with van der Waals surface area (Å²) in [6.45, 7) is 5.15. The first-order chi connectivity index (χ1) is 7.77. The Hall–Kier alpha value is -1.32. The number of hydrogen-bond acceptors (Lipinski definition) is 4. The molecule has 0 aliphatic heterocycles. The van der Waals surface area contributed by atoms with Crippen molar-refractivity contribution in [3.63, 3.8) is 0 Å². The van der Waals surface area contributed by atoms with Crippen LogP contribution in [0.3, 0.4) is 0 Å². The Kier molecular flexibility index (Phi) is 3.27. The number of rotatable bonds is 5. The van der Waals surface area contributed by atoms with Crippen molar-refractivity contribution >= 4 is 11.6 Å². The van der Waals surface area contributed by atoms with Crippen molar-refractivity contribution in [3.8, 4) is 0 Å². The minimum Gasteiger partial charge on any atom is -0.370 e. The largest absolute Gasteiger partial charge is 0.370 e. The minimum absolute atomic E-state index is 0.690. The number of aromatic nitrogens is 2. The van der Waals surface area contributed by atoms with E-state index in [0.29, 0.717) is 6.04 Å². The lowest BCUT2D eigenvalue weighted by atomic mass is 10.2. The molecular formula is C12H20N4. The molecule has 1 aromatic rings. The number of hydrogen-bond donors (Lipinski definition) is 1. The van der Waals surface area contributed by atoms with E-state index in [4.69, 9.17) is 0 Å². The average molecular weight is 220 g/mol. The van der Waals surface area contributed by atoms with Crippen LogP contribution in [0.2, 0.25) is 0 Å². The molecule has 0 atom stereocenters. The van der Waals surface area contributed by atoms with Gasteiger partial charge < -0.3 is 10.2 Å². The highest BCUT2D eigenvalue weighted by atomic mass is 15.2. The lowest BCUT2D eigenvalue weighted by molar-refractivity contribution is 0.865. The Bertz CT molecular complexity index is 360. The summed E-state index contributed by atoms with van der Waals surface area (Å²) in [6, 6.07) is 0.690. The maximum Gasteiger partial charge on any atom is 0.137 e. The molecule has 0 bridgehead atoms. The van der Waals surface area contributed by atoms with Crippen LogP contribution in [0.1, 0.15) is 32.3 Å². The van der Waals surface area contributed by atoms with Crippen molar-refractivity contribution in [2.75, 3.05) is 23.8 Å². The molecule has 0 amide bonds. The van der Waals surface area contributed by atoms with Gasteiger partial charge in [0.2, 0.25) is 0 Å². The maximum absolute atomic E-state index is 4.43. The predicted molar refractivity (Wildman–Crippen MR) is 67.0 cm³/mol. The van der Waals surface area contributed by atoms with Crippen LogP contribution in [0.4, 0.5) is 11.6 Å². The van der Waals surface area contributed by atoms with Crippen LogP contribution in [-0.4, -0.2) is 29.6 Å². The highest BCUT2D eigenvalue weighted by Crippen LogP contribution is 2.32. The van der Waals surface area contributed by atoms with Crippen LogP contribution in [-0.2, 0) is 6.42 Å². The summed E-state index contributed by atoms with van der Waals surface area (Å²) >= 11 is 0. The smallest absolute Gasteiger partial charge is 0.137 e. The molecule has 16 heavy (non-hydrogen) atoms. The Morgan fingerprint density at radius 2 is 2.12 bits per heavy atom. The Labute approximate surface area is 97.1 Å². The van der Waals surface area contributed by atoms with E-state index < -0.39 is 0 Å². The molecule has 1 heterocycles. The summed E-state index contributed by atoms with van der Waals surface area (Å²) in [6.07, 6.45) is 5.21. The normalized spacial score (nSPS) is 14.9. The first-order valence-electron chi connectivity index (χ1n) is 6.08. The van der Waals surface area contributed by atoms with Crippen molar-refractivity contribution in [1.29, 1.82) is 0 Å². The zero-order valence-corrected chi connectivity index (χ0v) is 10.3. The summed E-state index contributed by atoms with van der Waals surface area (Å²) in [5.74, 6) is 2.08. The summed E-state index contributed by atoms with van der Waals surface area (Å²) < 4.78 is 0. The third-order valence-corrected chi connectivity index (χ3v) is 3.05.